The number of anilines is 1. The topological polar surface area (TPSA) is 48.9 Å². The van der Waals surface area contributed by atoms with Crippen molar-refractivity contribution in [2.45, 2.75) is 25.9 Å². The van der Waals surface area contributed by atoms with E-state index >= 15 is 0 Å². The summed E-state index contributed by atoms with van der Waals surface area (Å²) in [6, 6.07) is 1.73. The Morgan fingerprint density at radius 3 is 2.54 bits per heavy atom. The van der Waals surface area contributed by atoms with E-state index in [-0.39, 0.29) is 12.0 Å². The van der Waals surface area contributed by atoms with E-state index in [2.05, 4.69) is 26.6 Å². The van der Waals surface area contributed by atoms with Crippen LogP contribution in [0, 0.1) is 11.8 Å². The van der Waals surface area contributed by atoms with Gasteiger partial charge in [-0.3, -0.25) is 9.69 Å². The number of rotatable bonds is 4. The number of carbonyl (C=O) groups excluding carboxylic acids is 1. The third kappa shape index (κ3) is 5.99. The average Bonchev–Trinajstić information content (AvgIpc) is 2.69. The Morgan fingerprint density at radius 2 is 1.89 bits per heavy atom. The van der Waals surface area contributed by atoms with Crippen LogP contribution < -0.4 is 4.90 Å². The second kappa shape index (κ2) is 10.3. The van der Waals surface area contributed by atoms with E-state index in [0.29, 0.717) is 16.7 Å². The molecule has 0 atom stereocenters. The van der Waals surface area contributed by atoms with Crippen LogP contribution in [0.15, 0.2) is 12.3 Å². The van der Waals surface area contributed by atoms with Crippen LogP contribution >= 0.6 is 23.2 Å². The third-order valence-electron chi connectivity index (χ3n) is 5.17. The SMILES string of the molecule is CC(=O)N1CCN(CC#CCOC2CCN(c3ncc(Cl)cc3Cl)CC2)CC1. The van der Waals surface area contributed by atoms with Crippen molar-refractivity contribution in [2.75, 3.05) is 57.3 Å². The lowest BCUT2D eigenvalue weighted by molar-refractivity contribution is -0.130. The van der Waals surface area contributed by atoms with Crippen molar-refractivity contribution in [3.8, 4) is 11.8 Å². The molecule has 0 radical (unpaired) electrons. The molecule has 2 aliphatic rings. The Morgan fingerprint density at radius 1 is 1.18 bits per heavy atom. The molecule has 0 saturated carbocycles. The second-order valence-corrected chi connectivity index (χ2v) is 7.94. The summed E-state index contributed by atoms with van der Waals surface area (Å²) in [7, 11) is 0. The summed E-state index contributed by atoms with van der Waals surface area (Å²) < 4.78 is 5.91. The number of halogens is 2. The van der Waals surface area contributed by atoms with Crippen LogP contribution in [-0.2, 0) is 9.53 Å². The van der Waals surface area contributed by atoms with Gasteiger partial charge in [0.1, 0.15) is 12.4 Å². The molecule has 2 fully saturated rings. The quantitative estimate of drug-likeness (QED) is 0.694. The molecule has 0 aromatic carbocycles. The molecule has 0 spiro atoms. The monoisotopic (exact) mass is 424 g/mol. The summed E-state index contributed by atoms with van der Waals surface area (Å²) in [6.07, 6.45) is 3.70. The largest absolute Gasteiger partial charge is 0.365 e. The number of piperidine rings is 1. The van der Waals surface area contributed by atoms with Gasteiger partial charge >= 0.3 is 0 Å². The van der Waals surface area contributed by atoms with Crippen molar-refractivity contribution in [1.29, 1.82) is 0 Å². The molecule has 28 heavy (non-hydrogen) atoms. The summed E-state index contributed by atoms with van der Waals surface area (Å²) in [5, 5.41) is 1.13. The maximum atomic E-state index is 11.3. The fourth-order valence-electron chi connectivity index (χ4n) is 3.47. The Kier molecular flexibility index (Phi) is 7.81. The Hall–Kier alpha value is -1.52. The van der Waals surface area contributed by atoms with Crippen molar-refractivity contribution in [1.82, 2.24) is 14.8 Å². The molecular weight excluding hydrogens is 399 g/mol. The van der Waals surface area contributed by atoms with Gasteiger partial charge in [-0.2, -0.15) is 0 Å². The van der Waals surface area contributed by atoms with Crippen molar-refractivity contribution in [3.63, 3.8) is 0 Å². The average molecular weight is 425 g/mol. The van der Waals surface area contributed by atoms with Crippen molar-refractivity contribution < 1.29 is 9.53 Å². The van der Waals surface area contributed by atoms with E-state index in [1.54, 1.807) is 19.2 Å². The molecule has 0 bridgehead atoms. The van der Waals surface area contributed by atoms with Gasteiger partial charge in [0.05, 0.1) is 22.7 Å². The van der Waals surface area contributed by atoms with Crippen molar-refractivity contribution in [3.05, 3.63) is 22.3 Å². The molecule has 8 heteroatoms. The summed E-state index contributed by atoms with van der Waals surface area (Å²) in [5.74, 6) is 7.24. The minimum atomic E-state index is 0.152. The molecule has 1 aromatic rings. The first-order valence-corrected chi connectivity index (χ1v) is 10.4. The van der Waals surface area contributed by atoms with Crippen molar-refractivity contribution >= 4 is 34.9 Å². The summed E-state index contributed by atoms with van der Waals surface area (Å²) in [6.45, 7) is 7.87. The molecule has 0 aliphatic carbocycles. The summed E-state index contributed by atoms with van der Waals surface area (Å²) >= 11 is 12.2. The second-order valence-electron chi connectivity index (χ2n) is 7.09. The van der Waals surface area contributed by atoms with Crippen LogP contribution in [0.25, 0.3) is 0 Å². The lowest BCUT2D eigenvalue weighted by Crippen LogP contribution is -2.47. The number of ether oxygens (including phenoxy) is 1. The van der Waals surface area contributed by atoms with Crippen LogP contribution in [0.5, 0.6) is 0 Å². The summed E-state index contributed by atoms with van der Waals surface area (Å²) in [5.41, 5.74) is 0. The maximum Gasteiger partial charge on any atom is 0.219 e. The van der Waals surface area contributed by atoms with Crippen molar-refractivity contribution in [2.24, 2.45) is 0 Å². The molecule has 1 amide bonds. The fourth-order valence-corrected chi connectivity index (χ4v) is 3.97. The van der Waals surface area contributed by atoms with Gasteiger partial charge in [0.2, 0.25) is 5.91 Å². The zero-order valence-corrected chi connectivity index (χ0v) is 17.7. The predicted molar refractivity (Wildman–Crippen MR) is 112 cm³/mol. The number of pyridine rings is 1. The number of hydrogen-bond acceptors (Lipinski definition) is 5. The highest BCUT2D eigenvalue weighted by molar-refractivity contribution is 6.36. The van der Waals surface area contributed by atoms with E-state index in [1.807, 2.05) is 4.90 Å². The molecule has 1 aromatic heterocycles. The minimum absolute atomic E-state index is 0.152. The van der Waals surface area contributed by atoms with Gasteiger partial charge in [-0.25, -0.2) is 4.98 Å². The Balaban J connectivity index is 1.33. The third-order valence-corrected chi connectivity index (χ3v) is 5.65. The van der Waals surface area contributed by atoms with Gasteiger partial charge in [-0.05, 0) is 18.9 Å². The smallest absolute Gasteiger partial charge is 0.219 e. The van der Waals surface area contributed by atoms with Crippen LogP contribution in [0.4, 0.5) is 5.82 Å². The highest BCUT2D eigenvalue weighted by Crippen LogP contribution is 2.28. The first-order valence-electron chi connectivity index (χ1n) is 9.64. The molecule has 2 aliphatic heterocycles. The number of amides is 1. The standard InChI is InChI=1S/C20H26Cl2N4O2/c1-16(27)25-11-9-24(10-12-25)6-2-3-13-28-18-4-7-26(8-5-18)20-19(22)14-17(21)15-23-20/h14-15,18H,4-13H2,1H3. The molecule has 3 rings (SSSR count). The first kappa shape index (κ1) is 21.2. The van der Waals surface area contributed by atoms with Crippen LogP contribution in [-0.4, -0.2) is 79.2 Å². The van der Waals surface area contributed by atoms with Crippen LogP contribution in [0.3, 0.4) is 0 Å². The van der Waals surface area contributed by atoms with E-state index in [1.165, 1.54) is 0 Å². The van der Waals surface area contributed by atoms with Gasteiger partial charge in [0.15, 0.2) is 0 Å². The van der Waals surface area contributed by atoms with Gasteiger partial charge in [0.25, 0.3) is 0 Å². The number of piperazine rings is 1. The van der Waals surface area contributed by atoms with E-state index in [9.17, 15) is 4.79 Å². The number of hydrogen-bond donors (Lipinski definition) is 0. The van der Waals surface area contributed by atoms with E-state index in [0.717, 1.165) is 64.5 Å². The van der Waals surface area contributed by atoms with E-state index < -0.39 is 0 Å². The molecule has 6 nitrogen and oxygen atoms in total. The Bertz CT molecular complexity index is 733. The Labute approximate surface area is 176 Å². The highest BCUT2D eigenvalue weighted by Gasteiger charge is 2.22. The maximum absolute atomic E-state index is 11.3. The summed E-state index contributed by atoms with van der Waals surface area (Å²) in [4.78, 5) is 22.0. The lowest BCUT2D eigenvalue weighted by atomic mass is 10.1. The minimum Gasteiger partial charge on any atom is -0.365 e. The fraction of sp³-hybridized carbons (Fsp3) is 0.600. The lowest BCUT2D eigenvalue weighted by Gasteiger charge is -2.33. The molecule has 0 N–H and O–H groups in total. The molecule has 3 heterocycles. The molecule has 2 saturated heterocycles. The number of nitrogens with zero attached hydrogens (tertiary/aromatic N) is 4. The van der Waals surface area contributed by atoms with Gasteiger partial charge in [-0.1, -0.05) is 35.0 Å². The number of carbonyl (C=O) groups is 1. The van der Waals surface area contributed by atoms with Crippen LogP contribution in [0.2, 0.25) is 10.0 Å². The predicted octanol–water partition coefficient (Wildman–Crippen LogP) is 2.54. The highest BCUT2D eigenvalue weighted by atomic mass is 35.5. The van der Waals surface area contributed by atoms with Crippen LogP contribution in [0.1, 0.15) is 19.8 Å². The molecular formula is C20H26Cl2N4O2. The zero-order valence-electron chi connectivity index (χ0n) is 16.2. The molecule has 152 valence electrons. The van der Waals surface area contributed by atoms with Gasteiger partial charge < -0.3 is 14.5 Å². The zero-order chi connectivity index (χ0) is 19.9. The molecule has 0 unspecified atom stereocenters. The van der Waals surface area contributed by atoms with Gasteiger partial charge in [0, 0.05) is 52.4 Å². The number of aromatic nitrogens is 1. The van der Waals surface area contributed by atoms with E-state index in [4.69, 9.17) is 27.9 Å². The normalized spacial score (nSPS) is 18.7. The first-order chi connectivity index (χ1) is 13.5. The van der Waals surface area contributed by atoms with Gasteiger partial charge in [-0.15, -0.1) is 0 Å².